The van der Waals surface area contributed by atoms with Crippen LogP contribution in [0.1, 0.15) is 0 Å². The molecule has 0 saturated carbocycles. The minimum atomic E-state index is -2.18. The monoisotopic (exact) mass is 436 g/mol. The van der Waals surface area contributed by atoms with Crippen LogP contribution in [0.2, 0.25) is 26.2 Å². The molecule has 0 heterocycles. The summed E-state index contributed by atoms with van der Waals surface area (Å²) in [5.41, 5.74) is 0.0316. The van der Waals surface area contributed by atoms with Gasteiger partial charge in [0.15, 0.2) is 0 Å². The highest BCUT2D eigenvalue weighted by atomic mass is 28.4. The van der Waals surface area contributed by atoms with Crippen LogP contribution in [-0.4, -0.2) is 38.9 Å². The second kappa shape index (κ2) is 9.15. The second-order valence-corrected chi connectivity index (χ2v) is 16.1. The van der Waals surface area contributed by atoms with Gasteiger partial charge in [-0.05, 0) is 50.5 Å². The van der Waals surface area contributed by atoms with Crippen LogP contribution in [0.15, 0.2) is 48.5 Å². The van der Waals surface area contributed by atoms with E-state index in [0.717, 1.165) is 0 Å². The van der Waals surface area contributed by atoms with Crippen LogP contribution in [0, 0.1) is 20.2 Å². The zero-order valence-corrected chi connectivity index (χ0v) is 18.8. The minimum Gasteiger partial charge on any atom is -0.494 e. The third-order valence-electron chi connectivity index (χ3n) is 3.82. The molecule has 11 heteroatoms. The van der Waals surface area contributed by atoms with Gasteiger partial charge in [0.1, 0.15) is 24.0 Å². The molecule has 0 N–H and O–H groups in total. The summed E-state index contributed by atoms with van der Waals surface area (Å²) in [7, 11) is -4.37. The van der Waals surface area contributed by atoms with Crippen molar-refractivity contribution in [2.75, 3.05) is 12.5 Å². The predicted octanol–water partition coefficient (Wildman–Crippen LogP) is 4.47. The largest absolute Gasteiger partial charge is 0.494 e. The van der Waals surface area contributed by atoms with Crippen molar-refractivity contribution in [2.24, 2.45) is 0 Å². The molecule has 0 amide bonds. The molecule has 0 aliphatic rings. The third kappa shape index (κ3) is 7.29. The lowest BCUT2D eigenvalue weighted by molar-refractivity contribution is -0.385. The molecule has 0 unspecified atom stereocenters. The summed E-state index contributed by atoms with van der Waals surface area (Å²) in [6, 6.07) is 11.9. The van der Waals surface area contributed by atoms with Crippen molar-refractivity contribution in [3.63, 3.8) is 0 Å². The molecule has 0 spiro atoms. The van der Waals surface area contributed by atoms with E-state index < -0.39 is 26.5 Å². The molecule has 0 radical (unpaired) electrons. The van der Waals surface area contributed by atoms with Crippen LogP contribution < -0.4 is 9.47 Å². The molecule has 2 aromatic carbocycles. The van der Waals surface area contributed by atoms with Crippen LogP contribution in [0.25, 0.3) is 0 Å². The van der Waals surface area contributed by atoms with E-state index in [0.29, 0.717) is 24.0 Å². The van der Waals surface area contributed by atoms with Crippen LogP contribution in [0.5, 0.6) is 11.5 Å². The Hall–Kier alpha value is -2.77. The van der Waals surface area contributed by atoms with E-state index in [1.165, 1.54) is 24.3 Å². The number of nitro groups is 2. The van der Waals surface area contributed by atoms with Gasteiger partial charge in [-0.3, -0.25) is 20.2 Å². The Labute approximate surface area is 170 Å². The summed E-state index contributed by atoms with van der Waals surface area (Å²) in [6.45, 7) is 8.16. The molecule has 0 saturated heterocycles. The molecule has 29 heavy (non-hydrogen) atoms. The average Bonchev–Trinajstić information content (AvgIpc) is 2.65. The molecule has 2 rings (SSSR count). The van der Waals surface area contributed by atoms with E-state index in [4.69, 9.17) is 13.6 Å². The number of non-ortho nitro benzene ring substituents is 2. The Kier molecular flexibility index (Phi) is 7.11. The highest BCUT2D eigenvalue weighted by molar-refractivity contribution is 6.84. The number of nitro benzene ring substituents is 2. The summed E-state index contributed by atoms with van der Waals surface area (Å²) >= 11 is 0. The Morgan fingerprint density at radius 1 is 0.690 bits per heavy atom. The van der Waals surface area contributed by atoms with Gasteiger partial charge in [0.2, 0.25) is 16.6 Å². The van der Waals surface area contributed by atoms with Gasteiger partial charge in [-0.25, -0.2) is 0 Å². The fraction of sp³-hybridized carbons (Fsp3) is 0.333. The van der Waals surface area contributed by atoms with Gasteiger partial charge in [0.05, 0.1) is 9.85 Å². The highest BCUT2D eigenvalue weighted by Crippen LogP contribution is 2.22. The van der Waals surface area contributed by atoms with Gasteiger partial charge in [-0.1, -0.05) is 0 Å². The van der Waals surface area contributed by atoms with Crippen LogP contribution in [-0.2, 0) is 4.12 Å². The molecule has 0 aromatic heterocycles. The standard InChI is InChI=1S/C18H24N2O7Si2/c1-28(2,13-25-17-9-5-15(6-10-17)19(21)22)27-29(3,4)14-26-18-11-7-16(8-12-18)20(23)24/h5-12H,13-14H2,1-4H3. The molecule has 2 aromatic rings. The van der Waals surface area contributed by atoms with E-state index >= 15 is 0 Å². The van der Waals surface area contributed by atoms with E-state index in [1.54, 1.807) is 24.3 Å². The van der Waals surface area contributed by atoms with Gasteiger partial charge in [-0.15, -0.1) is 0 Å². The van der Waals surface area contributed by atoms with Crippen LogP contribution in [0.4, 0.5) is 11.4 Å². The lowest BCUT2D eigenvalue weighted by Crippen LogP contribution is -2.51. The first-order chi connectivity index (χ1) is 13.5. The Balaban J connectivity index is 1.87. The van der Waals surface area contributed by atoms with Gasteiger partial charge < -0.3 is 13.6 Å². The van der Waals surface area contributed by atoms with E-state index in [-0.39, 0.29) is 11.4 Å². The van der Waals surface area contributed by atoms with Crippen LogP contribution in [0.3, 0.4) is 0 Å². The minimum absolute atomic E-state index is 0.0158. The van der Waals surface area contributed by atoms with Crippen molar-refractivity contribution >= 4 is 28.0 Å². The van der Waals surface area contributed by atoms with Crippen molar-refractivity contribution in [2.45, 2.75) is 26.2 Å². The lowest BCUT2D eigenvalue weighted by atomic mass is 10.3. The van der Waals surface area contributed by atoms with Gasteiger partial charge in [-0.2, -0.15) is 0 Å². The molecule has 0 bridgehead atoms. The number of hydrogen-bond acceptors (Lipinski definition) is 7. The maximum atomic E-state index is 10.7. The van der Waals surface area contributed by atoms with Crippen molar-refractivity contribution in [1.29, 1.82) is 0 Å². The topological polar surface area (TPSA) is 114 Å². The summed E-state index contributed by atoms with van der Waals surface area (Å²) in [6.07, 6.45) is 0.803. The van der Waals surface area contributed by atoms with Crippen molar-refractivity contribution in [3.05, 3.63) is 68.8 Å². The Morgan fingerprint density at radius 3 is 1.28 bits per heavy atom. The maximum absolute atomic E-state index is 10.7. The van der Waals surface area contributed by atoms with E-state index in [1.807, 2.05) is 26.2 Å². The SMILES string of the molecule is C[Si](C)(COc1ccc([N+](=O)[O-])cc1)O[Si](C)(C)COc1ccc([N+](=O)[O-])cc1. The highest BCUT2D eigenvalue weighted by Gasteiger charge is 2.35. The molecular formula is C18H24N2O7Si2. The molecule has 156 valence electrons. The van der Waals surface area contributed by atoms with Gasteiger partial charge in [0, 0.05) is 24.3 Å². The molecular weight excluding hydrogens is 412 g/mol. The molecule has 0 fully saturated rings. The number of nitrogens with zero attached hydrogens (tertiary/aromatic N) is 2. The van der Waals surface area contributed by atoms with Crippen molar-refractivity contribution in [1.82, 2.24) is 0 Å². The molecule has 0 aliphatic carbocycles. The first-order valence-corrected chi connectivity index (χ1v) is 15.2. The van der Waals surface area contributed by atoms with E-state index in [2.05, 4.69) is 0 Å². The number of hydrogen-bond donors (Lipinski definition) is 0. The normalized spacial score (nSPS) is 11.7. The number of benzene rings is 2. The van der Waals surface area contributed by atoms with E-state index in [9.17, 15) is 20.2 Å². The van der Waals surface area contributed by atoms with Crippen LogP contribution >= 0.6 is 0 Å². The van der Waals surface area contributed by atoms with Gasteiger partial charge >= 0.3 is 0 Å². The maximum Gasteiger partial charge on any atom is 0.269 e. The zero-order chi connectivity index (χ0) is 21.7. The smallest absolute Gasteiger partial charge is 0.269 e. The fourth-order valence-corrected chi connectivity index (χ4v) is 10.1. The third-order valence-corrected chi connectivity index (χ3v) is 9.92. The first kappa shape index (κ1) is 22.5. The number of ether oxygens (including phenoxy) is 2. The van der Waals surface area contributed by atoms with Crippen molar-refractivity contribution in [3.8, 4) is 11.5 Å². The molecule has 0 aliphatic heterocycles. The average molecular weight is 437 g/mol. The van der Waals surface area contributed by atoms with Crippen molar-refractivity contribution < 1.29 is 23.4 Å². The summed E-state index contributed by atoms with van der Waals surface area (Å²) in [5.74, 6) is 1.11. The lowest BCUT2D eigenvalue weighted by Gasteiger charge is -2.33. The predicted molar refractivity (Wildman–Crippen MR) is 113 cm³/mol. The molecule has 9 nitrogen and oxygen atoms in total. The number of rotatable bonds is 10. The first-order valence-electron chi connectivity index (χ1n) is 8.92. The zero-order valence-electron chi connectivity index (χ0n) is 16.8. The molecule has 0 atom stereocenters. The summed E-state index contributed by atoms with van der Waals surface area (Å²) < 4.78 is 18.0. The summed E-state index contributed by atoms with van der Waals surface area (Å²) in [5, 5.41) is 21.4. The second-order valence-electron chi connectivity index (χ2n) is 7.70. The Morgan fingerprint density at radius 2 is 1.00 bits per heavy atom. The quantitative estimate of drug-likeness (QED) is 0.307. The Bertz CT molecular complexity index is 784. The fourth-order valence-electron chi connectivity index (χ4n) is 2.65. The van der Waals surface area contributed by atoms with Gasteiger partial charge in [0.25, 0.3) is 11.4 Å². The summed E-state index contributed by atoms with van der Waals surface area (Å²) in [4.78, 5) is 20.5.